The standard InChI is InChI=1S/2C34H36F2N2O6.C21H26F2O6.C15H14O.CH4/c2*1-31-11-10-22(40)13-25(31)26(35)14-24-23-15-29-34(28(42)17-39,32(23,2)16-27(41)33(24,31)36)44-30(43-29)18-6-8-20(9-7-18)38-21-5-3-4-19(37)12-21;1-18-4-3-10(25)5-13(18)14(22)6-12-11-7-15(26)21(29,17(28)9-24)19(11,2)8-16(27)20(12,18)23;1-12-3-2-4-15(9-12)10-13-5-7-14(11-16)8-6-13;/h2*3-13,23-24,26-27,29-30,38-39,41H,14-17,37H2,1-2H3;3-5,11-12,14-16,24,26-27,29H,6-9H2,1-2H3;2-9,11H,10H2,1H3;1H4/t23-,24-,26-,27-,29+,30+,31-,32-,33-,34+;23-,24-,26-,27-,29+,30-,31-,32-,33-,34+;11-,12-,14-,15+,16-,18-,19-,20-,21-;;/m000../s1. The SMILES string of the molecule is C.C[C@]12C=CC(=O)C=C1[C@@H](F)C[C@H]1[C@@H]3C[C@@H](O)[C@](O)(C(=O)CO)[C@@]3(C)C[C@H](O)[C@@]12F.C[C@]12C=CC(=O)C=C1[C@@H](F)C[C@H]1[C@@H]3C[C@H]4O[C@@H](c5ccc(Nc6cccc(N)c6)cc5)O[C@@]4(C(=O)CO)[C@@]3(C)C[C@H](O)[C@@]12F.C[C@]12C=CC(=O)C=C1[C@@H](F)C[C@H]1[C@@H]3C[C@H]4O[C@H](c5ccc(Nc6cccc(N)c6)cc5)O[C@@]4(C(=O)CO)[C@@]3(C)C[C@H](O)[C@@]12F.Cc1cccc(Cc2ccc(C=O)cc2)c1. The van der Waals surface area contributed by atoms with E-state index < -0.39 is 224 Å². The van der Waals surface area contributed by atoms with Crippen LogP contribution >= 0.6 is 0 Å². The van der Waals surface area contributed by atoms with E-state index in [1.807, 2.05) is 84.9 Å². The van der Waals surface area contributed by atoms with Crippen LogP contribution in [0.5, 0.6) is 0 Å². The summed E-state index contributed by atoms with van der Waals surface area (Å²) in [6.45, 7) is 8.93. The van der Waals surface area contributed by atoms with Gasteiger partial charge in [-0.05, 0) is 235 Å². The second kappa shape index (κ2) is 34.8. The minimum Gasteiger partial charge on any atom is -0.399 e. The molecule has 2 aliphatic heterocycles. The zero-order valence-corrected chi connectivity index (χ0v) is 74.6. The Balaban J connectivity index is 0.000000137. The molecule has 0 spiro atoms. The Hall–Kier alpha value is -10.3. The smallest absolute Gasteiger partial charge is 0.193 e. The zero-order valence-electron chi connectivity index (χ0n) is 74.6. The number of aliphatic hydroxyl groups is 8. The van der Waals surface area contributed by atoms with Gasteiger partial charge in [0.15, 0.2) is 81.1 Å². The van der Waals surface area contributed by atoms with Gasteiger partial charge in [-0.3, -0.25) is 33.6 Å². The number of nitrogen functional groups attached to an aromatic ring is 2. The number of carbonyl (C=O) groups is 7. The van der Waals surface area contributed by atoms with Gasteiger partial charge in [0.1, 0.15) is 44.6 Å². The van der Waals surface area contributed by atoms with E-state index in [1.54, 1.807) is 50.2 Å². The highest BCUT2D eigenvalue weighted by atomic mass is 19.2. The van der Waals surface area contributed by atoms with Crippen molar-refractivity contribution in [2.45, 2.75) is 222 Å². The molecule has 6 aromatic rings. The summed E-state index contributed by atoms with van der Waals surface area (Å²) < 4.78 is 124. The van der Waals surface area contributed by atoms with Crippen LogP contribution < -0.4 is 22.1 Å². The summed E-state index contributed by atoms with van der Waals surface area (Å²) in [6, 6.07) is 45.5. The van der Waals surface area contributed by atoms with Gasteiger partial charge in [-0.2, -0.15) is 0 Å². The third-order valence-corrected chi connectivity index (χ3v) is 33.6. The van der Waals surface area contributed by atoms with Crippen molar-refractivity contribution in [3.8, 4) is 0 Å². The molecule has 134 heavy (non-hydrogen) atoms. The van der Waals surface area contributed by atoms with Crippen molar-refractivity contribution in [2.75, 3.05) is 41.9 Å². The summed E-state index contributed by atoms with van der Waals surface area (Å²) in [5, 5.41) is 92.1. The first kappa shape index (κ1) is 96.9. The first-order valence-corrected chi connectivity index (χ1v) is 45.3. The van der Waals surface area contributed by atoms with Gasteiger partial charge in [-0.15, -0.1) is 0 Å². The third kappa shape index (κ3) is 14.4. The highest BCUT2D eigenvalue weighted by Gasteiger charge is 2.83. The summed E-state index contributed by atoms with van der Waals surface area (Å²) >= 11 is 0. The summed E-state index contributed by atoms with van der Waals surface area (Å²) in [6.07, 6.45) is -3.41. The Labute approximate surface area is 772 Å². The van der Waals surface area contributed by atoms with E-state index in [1.165, 1.54) is 74.8 Å². The quantitative estimate of drug-likeness (QED) is 0.0258. The number of nitrogens with two attached hydrogens (primary N) is 2. The Morgan fingerprint density at radius 2 is 0.813 bits per heavy atom. The second-order valence-electron chi connectivity index (χ2n) is 40.2. The molecular formula is C105H116F6N4O19. The van der Waals surface area contributed by atoms with Crippen LogP contribution in [0.4, 0.5) is 60.5 Å². The van der Waals surface area contributed by atoms with Crippen LogP contribution in [0.2, 0.25) is 0 Å². The van der Waals surface area contributed by atoms with Crippen LogP contribution in [0.1, 0.15) is 158 Å². The molecule has 0 amide bonds. The maximum absolute atomic E-state index is 17.5. The second-order valence-corrected chi connectivity index (χ2v) is 40.2. The maximum atomic E-state index is 17.5. The van der Waals surface area contributed by atoms with E-state index in [2.05, 4.69) is 41.8 Å². The van der Waals surface area contributed by atoms with Gasteiger partial charge in [0.2, 0.25) is 0 Å². The molecule has 14 N–H and O–H groups in total. The first-order chi connectivity index (χ1) is 62.9. The van der Waals surface area contributed by atoms with Gasteiger partial charge in [-0.1, -0.05) is 137 Å². The number of hydrogen-bond donors (Lipinski definition) is 12. The Morgan fingerprint density at radius 3 is 1.17 bits per heavy atom. The molecule has 6 aromatic carbocycles. The van der Waals surface area contributed by atoms with Gasteiger partial charge in [0.25, 0.3) is 0 Å². The van der Waals surface area contributed by atoms with Crippen LogP contribution in [-0.2, 0) is 54.1 Å². The molecule has 0 bridgehead atoms. The molecule has 0 aromatic heterocycles. The predicted octanol–water partition coefficient (Wildman–Crippen LogP) is 13.9. The van der Waals surface area contributed by atoms with E-state index in [9.17, 15) is 74.4 Å². The zero-order chi connectivity index (χ0) is 95.4. The molecule has 20 rings (SSSR count). The molecule has 9 saturated carbocycles. The average Bonchev–Trinajstić information content (AvgIpc) is 1.50. The normalized spacial score (nSPS) is 40.5. The van der Waals surface area contributed by atoms with Crippen molar-refractivity contribution in [3.05, 3.63) is 250 Å². The summed E-state index contributed by atoms with van der Waals surface area (Å²) in [7, 11) is 0. The summed E-state index contributed by atoms with van der Waals surface area (Å²) in [4.78, 5) is 86.3. The minimum absolute atomic E-state index is 0. The number of aryl methyl sites for hydroxylation is 1. The van der Waals surface area contributed by atoms with Crippen molar-refractivity contribution in [3.63, 3.8) is 0 Å². The fourth-order valence-electron chi connectivity index (χ4n) is 27.1. The maximum Gasteiger partial charge on any atom is 0.193 e. The number of aliphatic hydroxyl groups excluding tert-OH is 7. The van der Waals surface area contributed by atoms with Crippen molar-refractivity contribution in [1.29, 1.82) is 0 Å². The van der Waals surface area contributed by atoms with Crippen molar-refractivity contribution in [1.82, 2.24) is 0 Å². The number of halogens is 6. The fraction of sp³-hybridized carbons (Fsp3) is 0.476. The lowest BCUT2D eigenvalue weighted by Crippen LogP contribution is -2.70. The molecule has 0 unspecified atom stereocenters. The van der Waals surface area contributed by atoms with Crippen LogP contribution in [0.15, 0.2) is 217 Å². The molecular weight excluding hydrogens is 1740 g/mol. The molecule has 2 saturated heterocycles. The average molecular weight is 1850 g/mol. The lowest BCUT2D eigenvalue weighted by molar-refractivity contribution is -0.235. The molecule has 12 aliphatic carbocycles. The van der Waals surface area contributed by atoms with E-state index in [4.69, 9.17) is 30.4 Å². The number of aldehydes is 1. The topological polar surface area (TPSA) is 394 Å². The Kier molecular flexibility index (Phi) is 25.1. The number of hydrogen-bond acceptors (Lipinski definition) is 23. The number of ether oxygens (including phenoxy) is 4. The van der Waals surface area contributed by atoms with E-state index in [0.717, 1.165) is 65.3 Å². The number of anilines is 6. The van der Waals surface area contributed by atoms with E-state index in [-0.39, 0.29) is 81.9 Å². The third-order valence-electron chi connectivity index (χ3n) is 33.6. The fourth-order valence-corrected chi connectivity index (χ4v) is 27.1. The lowest BCUT2D eigenvalue weighted by atomic mass is 9.44. The van der Waals surface area contributed by atoms with Gasteiger partial charge in [0.05, 0.1) is 36.6 Å². The van der Waals surface area contributed by atoms with Crippen LogP contribution in [0, 0.1) is 74.9 Å². The number of alkyl halides is 6. The Morgan fingerprint density at radius 1 is 0.448 bits per heavy atom. The molecule has 11 fully saturated rings. The van der Waals surface area contributed by atoms with Crippen molar-refractivity contribution < 1.29 is 120 Å². The van der Waals surface area contributed by atoms with Gasteiger partial charge < -0.3 is 81.9 Å². The molecule has 23 nitrogen and oxygen atoms in total. The molecule has 2 heterocycles. The van der Waals surface area contributed by atoms with Gasteiger partial charge >= 0.3 is 0 Å². The molecule has 712 valence electrons. The highest BCUT2D eigenvalue weighted by molar-refractivity contribution is 6.03. The van der Waals surface area contributed by atoms with Crippen LogP contribution in [-0.4, -0.2) is 191 Å². The number of benzene rings is 6. The Bertz CT molecular complexity index is 5620. The van der Waals surface area contributed by atoms with Gasteiger partial charge in [-0.25, -0.2) is 26.3 Å². The van der Waals surface area contributed by atoms with Crippen molar-refractivity contribution >= 4 is 75.1 Å². The summed E-state index contributed by atoms with van der Waals surface area (Å²) in [5.74, 6) is -8.64. The first-order valence-electron chi connectivity index (χ1n) is 45.3. The van der Waals surface area contributed by atoms with E-state index >= 15 is 26.3 Å². The monoisotopic (exact) mass is 1850 g/mol. The number of ketones is 6. The number of allylic oxidation sites excluding steroid dienone is 12. The van der Waals surface area contributed by atoms with E-state index in [0.29, 0.717) is 22.5 Å². The molecule has 29 atom stereocenters. The minimum atomic E-state index is -2.37. The summed E-state index contributed by atoms with van der Waals surface area (Å²) in [5.41, 5.74) is 0.973. The number of Topliss-reactive ketones (excluding diaryl/α,β-unsaturated/α-hetero) is 3. The number of rotatable bonds is 15. The largest absolute Gasteiger partial charge is 0.399 e. The van der Waals surface area contributed by atoms with Gasteiger partial charge in [0, 0.05) is 101 Å². The lowest BCUT2D eigenvalue weighted by Gasteiger charge is -2.63. The number of nitrogens with one attached hydrogen (secondary N) is 2. The molecule has 29 heteroatoms. The van der Waals surface area contributed by atoms with Crippen LogP contribution in [0.3, 0.4) is 0 Å². The number of fused-ring (bicyclic) bond motifs is 19. The molecule has 14 aliphatic rings. The van der Waals surface area contributed by atoms with Crippen LogP contribution in [0.25, 0.3) is 0 Å². The predicted molar refractivity (Wildman–Crippen MR) is 486 cm³/mol. The number of carbonyl (C=O) groups excluding carboxylic acids is 7. The molecule has 0 radical (unpaired) electrons. The van der Waals surface area contributed by atoms with Crippen molar-refractivity contribution in [2.24, 2.45) is 68.0 Å². The highest BCUT2D eigenvalue weighted by Crippen LogP contribution is 2.76.